The number of rotatable bonds is 5. The first-order chi connectivity index (χ1) is 12.2. The topological polar surface area (TPSA) is 85.9 Å². The van der Waals surface area contributed by atoms with Gasteiger partial charge in [-0.3, -0.25) is 0 Å². The predicted octanol–water partition coefficient (Wildman–Crippen LogP) is 2.44. The molecule has 2 amide bonds. The Morgan fingerprint density at radius 3 is 2.42 bits per heavy atom. The lowest BCUT2D eigenvalue weighted by molar-refractivity contribution is -0.183. The number of carbonyl (C=O) groups is 2. The monoisotopic (exact) mass is 374 g/mol. The highest BCUT2D eigenvalue weighted by Crippen LogP contribution is 2.34. The Balaban J connectivity index is 2.39. The lowest BCUT2D eigenvalue weighted by Crippen LogP contribution is -2.45. The van der Waals surface area contributed by atoms with Crippen LogP contribution in [0.1, 0.15) is 18.5 Å². The average molecular weight is 374 g/mol. The van der Waals surface area contributed by atoms with E-state index in [9.17, 15) is 22.8 Å². The van der Waals surface area contributed by atoms with Crippen LogP contribution in [0.15, 0.2) is 29.5 Å². The highest BCUT2D eigenvalue weighted by molar-refractivity contribution is 5.95. The Kier molecular flexibility index (Phi) is 5.63. The minimum atomic E-state index is -4.66. The first-order valence-electron chi connectivity index (χ1n) is 7.40. The number of urea groups is 1. The number of methoxy groups -OCH3 is 2. The summed E-state index contributed by atoms with van der Waals surface area (Å²) in [5, 5.41) is 4.84. The quantitative estimate of drug-likeness (QED) is 0.774. The summed E-state index contributed by atoms with van der Waals surface area (Å²) in [5.74, 6) is -0.441. The third kappa shape index (κ3) is 4.38. The zero-order valence-electron chi connectivity index (χ0n) is 14.2. The van der Waals surface area contributed by atoms with Gasteiger partial charge in [-0.05, 0) is 24.6 Å². The number of amides is 2. The van der Waals surface area contributed by atoms with E-state index < -0.39 is 30.8 Å². The van der Waals surface area contributed by atoms with E-state index in [1.165, 1.54) is 27.2 Å². The fourth-order valence-corrected chi connectivity index (χ4v) is 2.47. The van der Waals surface area contributed by atoms with Gasteiger partial charge in [0.05, 0.1) is 25.8 Å². The van der Waals surface area contributed by atoms with Gasteiger partial charge in [-0.25, -0.2) is 9.59 Å². The summed E-state index contributed by atoms with van der Waals surface area (Å²) in [5.41, 5.74) is 0.373. The minimum Gasteiger partial charge on any atom is -0.493 e. The molecule has 0 unspecified atom stereocenters. The van der Waals surface area contributed by atoms with Gasteiger partial charge < -0.3 is 24.8 Å². The number of allylic oxidation sites excluding steroid dienone is 1. The molecule has 0 saturated heterocycles. The summed E-state index contributed by atoms with van der Waals surface area (Å²) in [4.78, 5) is 24.0. The van der Waals surface area contributed by atoms with Crippen molar-refractivity contribution >= 4 is 12.0 Å². The van der Waals surface area contributed by atoms with Crippen LogP contribution in [0.3, 0.4) is 0 Å². The summed E-state index contributed by atoms with van der Waals surface area (Å²) in [6.45, 7) is -0.327. The van der Waals surface area contributed by atoms with Crippen molar-refractivity contribution in [2.45, 2.75) is 19.1 Å². The molecule has 0 aliphatic carbocycles. The maximum Gasteiger partial charge on any atom is 0.422 e. The van der Waals surface area contributed by atoms with Gasteiger partial charge in [0.2, 0.25) is 0 Å². The predicted molar refractivity (Wildman–Crippen MR) is 83.7 cm³/mol. The second kappa shape index (κ2) is 7.54. The highest BCUT2D eigenvalue weighted by Gasteiger charge is 2.35. The first kappa shape index (κ1) is 19.4. The molecule has 10 heteroatoms. The fraction of sp³-hybridized carbons (Fsp3) is 0.375. The SMILES string of the molecule is COc1ccc([C@H]2NC(=O)NC(C)=C2C(=O)OCC(F)(F)F)cc1OC. The van der Waals surface area contributed by atoms with Gasteiger partial charge in [-0.15, -0.1) is 0 Å². The number of esters is 1. The van der Waals surface area contributed by atoms with Crippen molar-refractivity contribution in [3.63, 3.8) is 0 Å². The molecule has 2 N–H and O–H groups in total. The molecule has 1 aromatic rings. The van der Waals surface area contributed by atoms with Crippen molar-refractivity contribution in [3.8, 4) is 11.5 Å². The molecule has 142 valence electrons. The number of hydrogen-bond acceptors (Lipinski definition) is 5. The summed E-state index contributed by atoms with van der Waals surface area (Å²) >= 11 is 0. The molecular formula is C16H17F3N2O5. The van der Waals surface area contributed by atoms with Crippen molar-refractivity contribution < 1.29 is 37.0 Å². The Hall–Kier alpha value is -2.91. The van der Waals surface area contributed by atoms with Crippen LogP contribution in [0, 0.1) is 0 Å². The maximum absolute atomic E-state index is 12.3. The summed E-state index contributed by atoms with van der Waals surface area (Å²) in [6, 6.07) is 3.01. The van der Waals surface area contributed by atoms with Gasteiger partial charge in [0.15, 0.2) is 18.1 Å². The molecule has 0 fully saturated rings. The number of benzene rings is 1. The Labute approximate surface area is 147 Å². The zero-order chi connectivity index (χ0) is 19.5. The van der Waals surface area contributed by atoms with Crippen molar-refractivity contribution in [3.05, 3.63) is 35.0 Å². The molecule has 0 radical (unpaired) electrons. The zero-order valence-corrected chi connectivity index (χ0v) is 14.2. The van der Waals surface area contributed by atoms with Crippen molar-refractivity contribution in [2.75, 3.05) is 20.8 Å². The van der Waals surface area contributed by atoms with Crippen LogP contribution in [-0.2, 0) is 9.53 Å². The number of hydrogen-bond donors (Lipinski definition) is 2. The van der Waals surface area contributed by atoms with Crippen LogP contribution >= 0.6 is 0 Å². The van der Waals surface area contributed by atoms with Crippen LogP contribution in [0.25, 0.3) is 0 Å². The number of halogens is 3. The van der Waals surface area contributed by atoms with E-state index in [0.29, 0.717) is 17.1 Å². The van der Waals surface area contributed by atoms with Crippen LogP contribution in [0.2, 0.25) is 0 Å². The molecule has 1 atom stereocenters. The lowest BCUT2D eigenvalue weighted by Gasteiger charge is -2.28. The fourth-order valence-electron chi connectivity index (χ4n) is 2.47. The molecule has 1 aliphatic heterocycles. The number of carbonyl (C=O) groups excluding carboxylic acids is 2. The number of ether oxygens (including phenoxy) is 3. The van der Waals surface area contributed by atoms with Crippen LogP contribution in [-0.4, -0.2) is 39.0 Å². The lowest BCUT2D eigenvalue weighted by atomic mass is 9.95. The molecule has 1 aromatic carbocycles. The highest BCUT2D eigenvalue weighted by atomic mass is 19.4. The van der Waals surface area contributed by atoms with Crippen molar-refractivity contribution in [2.24, 2.45) is 0 Å². The molecule has 26 heavy (non-hydrogen) atoms. The largest absolute Gasteiger partial charge is 0.493 e. The van der Waals surface area contributed by atoms with Gasteiger partial charge >= 0.3 is 18.2 Å². The maximum atomic E-state index is 12.3. The minimum absolute atomic E-state index is 0.0979. The van der Waals surface area contributed by atoms with Gasteiger partial charge in [0.25, 0.3) is 0 Å². The van der Waals surface area contributed by atoms with E-state index in [-0.39, 0.29) is 11.3 Å². The van der Waals surface area contributed by atoms with Crippen molar-refractivity contribution in [1.29, 1.82) is 0 Å². The second-order valence-corrected chi connectivity index (χ2v) is 5.38. The smallest absolute Gasteiger partial charge is 0.422 e. The van der Waals surface area contributed by atoms with Gasteiger partial charge in [0, 0.05) is 5.70 Å². The molecule has 2 rings (SSSR count). The van der Waals surface area contributed by atoms with Crippen LogP contribution < -0.4 is 20.1 Å². The molecular weight excluding hydrogens is 357 g/mol. The first-order valence-corrected chi connectivity index (χ1v) is 7.40. The second-order valence-electron chi connectivity index (χ2n) is 5.38. The molecule has 0 aromatic heterocycles. The number of nitrogens with one attached hydrogen (secondary N) is 2. The summed E-state index contributed by atoms with van der Waals surface area (Å²) in [7, 11) is 2.84. The third-order valence-corrected chi connectivity index (χ3v) is 3.60. The van der Waals surface area contributed by atoms with E-state index in [0.717, 1.165) is 0 Å². The molecule has 7 nitrogen and oxygen atoms in total. The van der Waals surface area contributed by atoms with Gasteiger partial charge in [-0.2, -0.15) is 13.2 Å². The third-order valence-electron chi connectivity index (χ3n) is 3.60. The summed E-state index contributed by atoms with van der Waals surface area (Å²) < 4.78 is 51.6. The summed E-state index contributed by atoms with van der Waals surface area (Å²) in [6.07, 6.45) is -4.66. The van der Waals surface area contributed by atoms with E-state index in [2.05, 4.69) is 15.4 Å². The molecule has 0 bridgehead atoms. The van der Waals surface area contributed by atoms with E-state index in [4.69, 9.17) is 9.47 Å². The Bertz CT molecular complexity index is 746. The molecule has 0 spiro atoms. The number of alkyl halides is 3. The van der Waals surface area contributed by atoms with E-state index in [1.807, 2.05) is 0 Å². The van der Waals surface area contributed by atoms with Gasteiger partial charge in [-0.1, -0.05) is 6.07 Å². The average Bonchev–Trinajstić information content (AvgIpc) is 2.57. The normalized spacial score (nSPS) is 17.3. The molecule has 0 saturated carbocycles. The van der Waals surface area contributed by atoms with Crippen LogP contribution in [0.4, 0.5) is 18.0 Å². The van der Waals surface area contributed by atoms with E-state index in [1.54, 1.807) is 12.1 Å². The van der Waals surface area contributed by atoms with E-state index >= 15 is 0 Å². The van der Waals surface area contributed by atoms with Crippen LogP contribution in [0.5, 0.6) is 11.5 Å². The van der Waals surface area contributed by atoms with Gasteiger partial charge in [0.1, 0.15) is 0 Å². The van der Waals surface area contributed by atoms with Crippen molar-refractivity contribution in [1.82, 2.24) is 10.6 Å². The molecule has 1 heterocycles. The Morgan fingerprint density at radius 1 is 1.19 bits per heavy atom. The standard InChI is InChI=1S/C16H17F3N2O5/c1-8-12(14(22)26-7-16(17,18)19)13(21-15(23)20-8)9-4-5-10(24-2)11(6-9)25-3/h4-6,13H,7H2,1-3H3,(H2,20,21,23)/t13-/m1/s1. The molecule has 1 aliphatic rings. The Morgan fingerprint density at radius 2 is 1.85 bits per heavy atom.